The summed E-state index contributed by atoms with van der Waals surface area (Å²) in [4.78, 5) is 12.1. The van der Waals surface area contributed by atoms with Crippen molar-refractivity contribution in [3.8, 4) is 0 Å². The monoisotopic (exact) mass is 370 g/mol. The van der Waals surface area contributed by atoms with E-state index in [0.29, 0.717) is 23.1 Å². The van der Waals surface area contributed by atoms with Crippen molar-refractivity contribution in [2.45, 2.75) is 6.42 Å². The molecule has 0 radical (unpaired) electrons. The first kappa shape index (κ1) is 17.8. The van der Waals surface area contributed by atoms with Crippen LogP contribution in [-0.2, 0) is 6.42 Å². The molecule has 0 aliphatic heterocycles. The van der Waals surface area contributed by atoms with E-state index in [1.54, 1.807) is 18.2 Å². The summed E-state index contributed by atoms with van der Waals surface area (Å²) in [7, 11) is 0. The molecule has 2 aromatic carbocycles. The van der Waals surface area contributed by atoms with Gasteiger partial charge in [0.05, 0.1) is 0 Å². The van der Waals surface area contributed by atoms with Gasteiger partial charge in [0, 0.05) is 17.3 Å². The molecule has 5 nitrogen and oxygen atoms in total. The zero-order chi connectivity index (χ0) is 18.4. The van der Waals surface area contributed by atoms with Crippen LogP contribution < -0.4 is 10.6 Å². The van der Waals surface area contributed by atoms with Gasteiger partial charge < -0.3 is 10.6 Å². The topological polar surface area (TPSA) is 66.9 Å². The average molecular weight is 371 g/mol. The molecule has 3 rings (SSSR count). The summed E-state index contributed by atoms with van der Waals surface area (Å²) in [6, 6.07) is 16.5. The van der Waals surface area contributed by atoms with Crippen LogP contribution in [-0.4, -0.2) is 22.6 Å². The van der Waals surface area contributed by atoms with Gasteiger partial charge in [-0.3, -0.25) is 4.79 Å². The average Bonchev–Trinajstić information content (AvgIpc) is 2.64. The maximum absolute atomic E-state index is 13.1. The van der Waals surface area contributed by atoms with Crippen LogP contribution in [0.4, 0.5) is 15.9 Å². The molecule has 3 aromatic rings. The molecule has 132 valence electrons. The van der Waals surface area contributed by atoms with Crippen LogP contribution in [0, 0.1) is 5.82 Å². The van der Waals surface area contributed by atoms with E-state index < -0.39 is 11.7 Å². The van der Waals surface area contributed by atoms with Crippen LogP contribution >= 0.6 is 11.6 Å². The molecule has 1 heterocycles. The van der Waals surface area contributed by atoms with Crippen molar-refractivity contribution >= 4 is 29.0 Å². The number of halogens is 2. The third-order valence-corrected chi connectivity index (χ3v) is 3.86. The minimum atomic E-state index is -0.448. The van der Waals surface area contributed by atoms with Crippen molar-refractivity contribution in [3.05, 3.63) is 82.8 Å². The van der Waals surface area contributed by atoms with E-state index in [0.717, 1.165) is 12.0 Å². The molecule has 0 atom stereocenters. The number of rotatable bonds is 6. The van der Waals surface area contributed by atoms with E-state index in [1.165, 1.54) is 18.2 Å². The van der Waals surface area contributed by atoms with Crippen molar-refractivity contribution in [2.75, 3.05) is 17.2 Å². The maximum Gasteiger partial charge on any atom is 0.276 e. The van der Waals surface area contributed by atoms with Crippen LogP contribution in [0.2, 0.25) is 5.02 Å². The Bertz CT molecular complexity index is 885. The van der Waals surface area contributed by atoms with Gasteiger partial charge in [0.2, 0.25) is 0 Å². The molecular formula is C19H16ClFN4O. The third kappa shape index (κ3) is 5.00. The Hall–Kier alpha value is -2.99. The van der Waals surface area contributed by atoms with Crippen LogP contribution in [0.15, 0.2) is 60.7 Å². The lowest BCUT2D eigenvalue weighted by Gasteiger charge is -2.07. The van der Waals surface area contributed by atoms with Crippen molar-refractivity contribution in [3.63, 3.8) is 0 Å². The second-order valence-electron chi connectivity index (χ2n) is 5.57. The van der Waals surface area contributed by atoms with Crippen LogP contribution in [0.3, 0.4) is 0 Å². The van der Waals surface area contributed by atoms with Gasteiger partial charge in [-0.15, -0.1) is 10.2 Å². The van der Waals surface area contributed by atoms with Gasteiger partial charge in [-0.05, 0) is 54.4 Å². The number of aromatic nitrogens is 2. The second kappa shape index (κ2) is 8.40. The van der Waals surface area contributed by atoms with E-state index in [9.17, 15) is 9.18 Å². The Morgan fingerprint density at radius 2 is 1.85 bits per heavy atom. The molecule has 1 amide bonds. The lowest BCUT2D eigenvalue weighted by Crippen LogP contribution is -2.15. The predicted octanol–water partition coefficient (Wildman–Crippen LogP) is 4.18. The first-order valence-corrected chi connectivity index (χ1v) is 8.37. The maximum atomic E-state index is 13.1. The highest BCUT2D eigenvalue weighted by Gasteiger charge is 2.09. The normalized spacial score (nSPS) is 10.4. The number of amides is 1. The van der Waals surface area contributed by atoms with Gasteiger partial charge >= 0.3 is 0 Å². The number of anilines is 2. The molecule has 26 heavy (non-hydrogen) atoms. The molecule has 0 aliphatic rings. The number of nitrogens with one attached hydrogen (secondary N) is 2. The molecule has 1 aromatic heterocycles. The molecule has 0 fully saturated rings. The number of hydrogen-bond donors (Lipinski definition) is 2. The first-order chi connectivity index (χ1) is 12.6. The van der Waals surface area contributed by atoms with E-state index in [4.69, 9.17) is 11.6 Å². The number of carbonyl (C=O) groups is 1. The fourth-order valence-electron chi connectivity index (χ4n) is 2.29. The molecular weight excluding hydrogens is 355 g/mol. The van der Waals surface area contributed by atoms with Crippen molar-refractivity contribution in [1.29, 1.82) is 0 Å². The van der Waals surface area contributed by atoms with Gasteiger partial charge in [-0.1, -0.05) is 29.8 Å². The highest BCUT2D eigenvalue weighted by molar-refractivity contribution is 6.30. The first-order valence-electron chi connectivity index (χ1n) is 7.99. The fourth-order valence-corrected chi connectivity index (χ4v) is 2.42. The molecule has 0 aliphatic carbocycles. The summed E-state index contributed by atoms with van der Waals surface area (Å²) >= 11 is 5.86. The van der Waals surface area contributed by atoms with E-state index in [-0.39, 0.29) is 5.69 Å². The SMILES string of the molecule is O=C(Nc1cccc(F)c1)c1ccc(NCCc2ccc(Cl)cc2)nn1. The smallest absolute Gasteiger partial charge is 0.276 e. The van der Waals surface area contributed by atoms with Gasteiger partial charge in [-0.25, -0.2) is 4.39 Å². The number of hydrogen-bond acceptors (Lipinski definition) is 4. The molecule has 0 saturated carbocycles. The fraction of sp³-hybridized carbons (Fsp3) is 0.105. The second-order valence-corrected chi connectivity index (χ2v) is 6.01. The lowest BCUT2D eigenvalue weighted by atomic mass is 10.1. The molecule has 2 N–H and O–H groups in total. The van der Waals surface area contributed by atoms with Crippen LogP contribution in [0.5, 0.6) is 0 Å². The summed E-state index contributed by atoms with van der Waals surface area (Å²) in [5.41, 5.74) is 1.67. The Balaban J connectivity index is 1.52. The largest absolute Gasteiger partial charge is 0.368 e. The van der Waals surface area contributed by atoms with Crippen molar-refractivity contribution in [2.24, 2.45) is 0 Å². The highest BCUT2D eigenvalue weighted by atomic mass is 35.5. The zero-order valence-electron chi connectivity index (χ0n) is 13.7. The van der Waals surface area contributed by atoms with Crippen LogP contribution in [0.25, 0.3) is 0 Å². The molecule has 0 unspecified atom stereocenters. The quantitative estimate of drug-likeness (QED) is 0.683. The minimum absolute atomic E-state index is 0.150. The molecule has 0 spiro atoms. The molecule has 7 heteroatoms. The van der Waals surface area contributed by atoms with Gasteiger partial charge in [0.25, 0.3) is 5.91 Å². The number of carbonyl (C=O) groups excluding carboxylic acids is 1. The van der Waals surface area contributed by atoms with E-state index in [1.807, 2.05) is 24.3 Å². The van der Waals surface area contributed by atoms with Gasteiger partial charge in [-0.2, -0.15) is 0 Å². The van der Waals surface area contributed by atoms with Crippen molar-refractivity contribution < 1.29 is 9.18 Å². The predicted molar refractivity (Wildman–Crippen MR) is 100 cm³/mol. The molecule has 0 saturated heterocycles. The summed E-state index contributed by atoms with van der Waals surface area (Å²) < 4.78 is 13.1. The lowest BCUT2D eigenvalue weighted by molar-refractivity contribution is 0.102. The third-order valence-electron chi connectivity index (χ3n) is 3.61. The zero-order valence-corrected chi connectivity index (χ0v) is 14.5. The number of benzene rings is 2. The molecule has 0 bridgehead atoms. The Morgan fingerprint density at radius 1 is 1.04 bits per heavy atom. The summed E-state index contributed by atoms with van der Waals surface area (Å²) in [5, 5.41) is 14.3. The van der Waals surface area contributed by atoms with Gasteiger partial charge in [0.15, 0.2) is 5.69 Å². The van der Waals surface area contributed by atoms with E-state index in [2.05, 4.69) is 20.8 Å². The van der Waals surface area contributed by atoms with Gasteiger partial charge in [0.1, 0.15) is 11.6 Å². The highest BCUT2D eigenvalue weighted by Crippen LogP contribution is 2.12. The van der Waals surface area contributed by atoms with Crippen LogP contribution in [0.1, 0.15) is 16.1 Å². The van der Waals surface area contributed by atoms with Crippen molar-refractivity contribution in [1.82, 2.24) is 10.2 Å². The summed E-state index contributed by atoms with van der Waals surface area (Å²) in [5.74, 6) is -0.300. The number of nitrogens with zero attached hydrogens (tertiary/aromatic N) is 2. The summed E-state index contributed by atoms with van der Waals surface area (Å²) in [6.07, 6.45) is 0.806. The standard InChI is InChI=1S/C19H16ClFN4O/c20-14-6-4-13(5-7-14)10-11-22-18-9-8-17(24-25-18)19(26)23-16-3-1-2-15(21)12-16/h1-9,12H,10-11H2,(H,22,25)(H,23,26). The Kier molecular flexibility index (Phi) is 5.76. The Labute approximate surface area is 155 Å². The Morgan fingerprint density at radius 3 is 2.54 bits per heavy atom. The minimum Gasteiger partial charge on any atom is -0.368 e. The van der Waals surface area contributed by atoms with E-state index >= 15 is 0 Å². The summed E-state index contributed by atoms with van der Waals surface area (Å²) in [6.45, 7) is 0.672.